The Hall–Kier alpha value is -1.54. The lowest BCUT2D eigenvalue weighted by Crippen LogP contribution is -2.34. The van der Waals surface area contributed by atoms with Crippen molar-refractivity contribution in [2.24, 2.45) is 0 Å². The first kappa shape index (κ1) is 16.5. The zero-order valence-corrected chi connectivity index (χ0v) is 11.9. The Kier molecular flexibility index (Phi) is 5.58. The van der Waals surface area contributed by atoms with Gasteiger partial charge in [-0.1, -0.05) is 0 Å². The molecular formula is C12H16F2N2O3S. The van der Waals surface area contributed by atoms with Gasteiger partial charge in [0.05, 0.1) is 4.90 Å². The van der Waals surface area contributed by atoms with E-state index in [9.17, 15) is 22.0 Å². The van der Waals surface area contributed by atoms with Crippen LogP contribution in [0.4, 0.5) is 8.78 Å². The van der Waals surface area contributed by atoms with E-state index < -0.39 is 21.7 Å². The third-order valence-electron chi connectivity index (χ3n) is 2.30. The van der Waals surface area contributed by atoms with Gasteiger partial charge in [0.2, 0.25) is 15.9 Å². The molecule has 0 aliphatic carbocycles. The molecule has 2 N–H and O–H groups in total. The van der Waals surface area contributed by atoms with Gasteiger partial charge in [-0.3, -0.25) is 4.79 Å². The van der Waals surface area contributed by atoms with Gasteiger partial charge in [-0.25, -0.2) is 21.9 Å². The Bertz CT molecular complexity index is 588. The van der Waals surface area contributed by atoms with Gasteiger partial charge < -0.3 is 5.32 Å². The first-order valence-electron chi connectivity index (χ1n) is 5.96. The Labute approximate surface area is 116 Å². The molecule has 1 rings (SSSR count). The van der Waals surface area contributed by atoms with Gasteiger partial charge in [-0.05, 0) is 32.0 Å². The highest BCUT2D eigenvalue weighted by Crippen LogP contribution is 2.13. The SMILES string of the molecule is CC(C)NC(=O)CCNS(=O)(=O)c1ccc(F)c(F)c1. The van der Waals surface area contributed by atoms with Crippen molar-refractivity contribution < 1.29 is 22.0 Å². The molecule has 5 nitrogen and oxygen atoms in total. The number of nitrogens with one attached hydrogen (secondary N) is 2. The second-order valence-corrected chi connectivity index (χ2v) is 6.21. The number of hydrogen-bond donors (Lipinski definition) is 2. The molecule has 1 aromatic rings. The van der Waals surface area contributed by atoms with E-state index >= 15 is 0 Å². The molecule has 0 atom stereocenters. The van der Waals surface area contributed by atoms with Gasteiger partial charge in [0.15, 0.2) is 11.6 Å². The lowest BCUT2D eigenvalue weighted by molar-refractivity contribution is -0.121. The molecule has 112 valence electrons. The van der Waals surface area contributed by atoms with Gasteiger partial charge >= 0.3 is 0 Å². The summed E-state index contributed by atoms with van der Waals surface area (Å²) in [6, 6.07) is 2.24. The maximum Gasteiger partial charge on any atom is 0.240 e. The monoisotopic (exact) mass is 306 g/mol. The van der Waals surface area contributed by atoms with Gasteiger partial charge in [-0.15, -0.1) is 0 Å². The van der Waals surface area contributed by atoms with E-state index in [1.54, 1.807) is 13.8 Å². The first-order valence-corrected chi connectivity index (χ1v) is 7.45. The average Bonchev–Trinajstić information content (AvgIpc) is 2.31. The smallest absolute Gasteiger partial charge is 0.240 e. The Morgan fingerprint density at radius 1 is 1.25 bits per heavy atom. The summed E-state index contributed by atoms with van der Waals surface area (Å²) in [5.41, 5.74) is 0. The Morgan fingerprint density at radius 2 is 1.90 bits per heavy atom. The van der Waals surface area contributed by atoms with Crippen molar-refractivity contribution in [3.8, 4) is 0 Å². The highest BCUT2D eigenvalue weighted by Gasteiger charge is 2.16. The van der Waals surface area contributed by atoms with Crippen molar-refractivity contribution in [2.45, 2.75) is 31.2 Å². The number of amides is 1. The normalized spacial score (nSPS) is 11.7. The summed E-state index contributed by atoms with van der Waals surface area (Å²) in [6.07, 6.45) is -0.0406. The van der Waals surface area contributed by atoms with Gasteiger partial charge in [-0.2, -0.15) is 0 Å². The van der Waals surface area contributed by atoms with E-state index in [1.165, 1.54) is 0 Å². The van der Waals surface area contributed by atoms with Crippen molar-refractivity contribution in [1.29, 1.82) is 0 Å². The first-order chi connectivity index (χ1) is 9.22. The molecule has 8 heteroatoms. The molecule has 0 aliphatic rings. The van der Waals surface area contributed by atoms with Crippen molar-refractivity contribution >= 4 is 15.9 Å². The van der Waals surface area contributed by atoms with Crippen LogP contribution in [0.5, 0.6) is 0 Å². The Morgan fingerprint density at radius 3 is 2.45 bits per heavy atom. The maximum atomic E-state index is 13.0. The summed E-state index contributed by atoms with van der Waals surface area (Å²) in [7, 11) is -3.96. The van der Waals surface area contributed by atoms with Crippen LogP contribution in [0.15, 0.2) is 23.1 Å². The fourth-order valence-electron chi connectivity index (χ4n) is 1.42. The van der Waals surface area contributed by atoms with Crippen molar-refractivity contribution in [3.63, 3.8) is 0 Å². The topological polar surface area (TPSA) is 75.3 Å². The third-order valence-corrected chi connectivity index (χ3v) is 3.75. The van der Waals surface area contributed by atoms with E-state index in [0.29, 0.717) is 6.07 Å². The van der Waals surface area contributed by atoms with Crippen LogP contribution < -0.4 is 10.0 Å². The van der Waals surface area contributed by atoms with Crippen LogP contribution in [0.1, 0.15) is 20.3 Å². The van der Waals surface area contributed by atoms with Gasteiger partial charge in [0.25, 0.3) is 0 Å². The van der Waals surface area contributed by atoms with Gasteiger partial charge in [0, 0.05) is 19.0 Å². The van der Waals surface area contributed by atoms with Crippen LogP contribution in [0.3, 0.4) is 0 Å². The van der Waals surface area contributed by atoms with E-state index in [-0.39, 0.29) is 29.8 Å². The van der Waals surface area contributed by atoms with Crippen LogP contribution in [0.25, 0.3) is 0 Å². The second kappa shape index (κ2) is 6.76. The van der Waals surface area contributed by atoms with E-state index in [1.807, 2.05) is 0 Å². The van der Waals surface area contributed by atoms with Crippen molar-refractivity contribution in [3.05, 3.63) is 29.8 Å². The number of benzene rings is 1. The number of rotatable bonds is 6. The molecule has 20 heavy (non-hydrogen) atoms. The van der Waals surface area contributed by atoms with Crippen molar-refractivity contribution in [1.82, 2.24) is 10.0 Å². The third kappa shape index (κ3) is 4.86. The summed E-state index contributed by atoms with van der Waals surface area (Å²) >= 11 is 0. The van der Waals surface area contributed by atoms with Crippen molar-refractivity contribution in [2.75, 3.05) is 6.54 Å². The van der Waals surface area contributed by atoms with Crippen LogP contribution in [-0.2, 0) is 14.8 Å². The molecule has 0 bridgehead atoms. The van der Waals surface area contributed by atoms with E-state index in [0.717, 1.165) is 12.1 Å². The fourth-order valence-corrected chi connectivity index (χ4v) is 2.46. The lowest BCUT2D eigenvalue weighted by atomic mass is 10.3. The van der Waals surface area contributed by atoms with Crippen LogP contribution in [-0.4, -0.2) is 26.9 Å². The highest BCUT2D eigenvalue weighted by atomic mass is 32.2. The Balaban J connectivity index is 2.62. The molecule has 0 aromatic heterocycles. The van der Waals surface area contributed by atoms with Crippen LogP contribution in [0, 0.1) is 11.6 Å². The summed E-state index contributed by atoms with van der Waals surface area (Å²) < 4.78 is 51.4. The summed E-state index contributed by atoms with van der Waals surface area (Å²) in [4.78, 5) is 10.9. The standard InChI is InChI=1S/C12H16F2N2O3S/c1-8(2)16-12(17)5-6-15-20(18,19)9-3-4-10(13)11(14)7-9/h3-4,7-8,15H,5-6H2,1-2H3,(H,16,17). The van der Waals surface area contributed by atoms with Crippen LogP contribution in [0.2, 0.25) is 0 Å². The molecule has 0 fully saturated rings. The average molecular weight is 306 g/mol. The summed E-state index contributed by atoms with van der Waals surface area (Å²) in [6.45, 7) is 3.44. The second-order valence-electron chi connectivity index (χ2n) is 4.45. The molecule has 0 radical (unpaired) electrons. The van der Waals surface area contributed by atoms with Gasteiger partial charge in [0.1, 0.15) is 0 Å². The molecule has 0 saturated carbocycles. The fraction of sp³-hybridized carbons (Fsp3) is 0.417. The molecule has 0 heterocycles. The zero-order valence-electron chi connectivity index (χ0n) is 11.1. The van der Waals surface area contributed by atoms with Crippen LogP contribution >= 0.6 is 0 Å². The quantitative estimate of drug-likeness (QED) is 0.828. The molecule has 0 unspecified atom stereocenters. The molecule has 1 amide bonds. The predicted molar refractivity (Wildman–Crippen MR) is 69.4 cm³/mol. The number of halogens is 2. The minimum Gasteiger partial charge on any atom is -0.354 e. The molecule has 0 saturated heterocycles. The maximum absolute atomic E-state index is 13.0. The number of hydrogen-bond acceptors (Lipinski definition) is 3. The zero-order chi connectivity index (χ0) is 15.3. The van der Waals surface area contributed by atoms with E-state index in [4.69, 9.17) is 0 Å². The molecular weight excluding hydrogens is 290 g/mol. The molecule has 0 spiro atoms. The highest BCUT2D eigenvalue weighted by molar-refractivity contribution is 7.89. The van der Waals surface area contributed by atoms with E-state index in [2.05, 4.69) is 10.0 Å². The minimum absolute atomic E-state index is 0.0368. The summed E-state index contributed by atoms with van der Waals surface area (Å²) in [5.74, 6) is -2.67. The minimum atomic E-state index is -3.96. The number of carbonyl (C=O) groups excluding carboxylic acids is 1. The molecule has 0 aliphatic heterocycles. The number of sulfonamides is 1. The molecule has 1 aromatic carbocycles. The largest absolute Gasteiger partial charge is 0.354 e. The predicted octanol–water partition coefficient (Wildman–Crippen LogP) is 1.16. The number of carbonyl (C=O) groups is 1. The summed E-state index contributed by atoms with van der Waals surface area (Å²) in [5, 5.41) is 2.60. The lowest BCUT2D eigenvalue weighted by Gasteiger charge is -2.09.